The van der Waals surface area contributed by atoms with Crippen molar-refractivity contribution in [1.82, 2.24) is 4.90 Å². The van der Waals surface area contributed by atoms with Gasteiger partial charge in [-0.15, -0.1) is 0 Å². The van der Waals surface area contributed by atoms with E-state index in [2.05, 4.69) is 4.90 Å². The van der Waals surface area contributed by atoms with Crippen LogP contribution in [0, 0.1) is 20.8 Å². The highest BCUT2D eigenvalue weighted by molar-refractivity contribution is 5.99. The summed E-state index contributed by atoms with van der Waals surface area (Å²) in [7, 11) is 1.67. The Kier molecular flexibility index (Phi) is 4.78. The molecular weight excluding hydrogens is 254 g/mol. The molecule has 4 nitrogen and oxygen atoms in total. The van der Waals surface area contributed by atoms with E-state index in [0.29, 0.717) is 19.8 Å². The molecule has 1 heterocycles. The van der Waals surface area contributed by atoms with E-state index in [9.17, 15) is 4.79 Å². The van der Waals surface area contributed by atoms with Crippen LogP contribution in [0.3, 0.4) is 0 Å². The molecule has 0 unspecified atom stereocenters. The summed E-state index contributed by atoms with van der Waals surface area (Å²) in [6.45, 7) is 9.54. The van der Waals surface area contributed by atoms with E-state index >= 15 is 0 Å². The Morgan fingerprint density at radius 1 is 1.25 bits per heavy atom. The number of carbonyl (C=O) groups excluding carboxylic acids is 1. The quantitative estimate of drug-likeness (QED) is 0.790. The van der Waals surface area contributed by atoms with Crippen LogP contribution in [0.25, 0.3) is 0 Å². The van der Waals surface area contributed by atoms with Gasteiger partial charge in [0.25, 0.3) is 0 Å². The number of hydrogen-bond acceptors (Lipinski definition) is 4. The number of hydrogen-bond donors (Lipinski definition) is 0. The summed E-state index contributed by atoms with van der Waals surface area (Å²) in [5.41, 5.74) is 3.90. The van der Waals surface area contributed by atoms with Gasteiger partial charge in [0.05, 0.1) is 26.9 Å². The standard InChI is InChI=1S/C16H23NO3/c1-11-9-14(12(2)13(3)16(11)19-4)15(18)10-17-5-7-20-8-6-17/h9H,5-8,10H2,1-4H3. The van der Waals surface area contributed by atoms with Gasteiger partial charge in [-0.3, -0.25) is 9.69 Å². The first-order chi connectivity index (χ1) is 9.54. The van der Waals surface area contributed by atoms with Gasteiger partial charge in [-0.2, -0.15) is 0 Å². The van der Waals surface area contributed by atoms with E-state index in [4.69, 9.17) is 9.47 Å². The highest BCUT2D eigenvalue weighted by Gasteiger charge is 2.19. The fourth-order valence-corrected chi connectivity index (χ4v) is 2.71. The van der Waals surface area contributed by atoms with Gasteiger partial charge in [0.15, 0.2) is 5.78 Å². The van der Waals surface area contributed by atoms with Crippen molar-refractivity contribution in [3.63, 3.8) is 0 Å². The van der Waals surface area contributed by atoms with Gasteiger partial charge in [0.2, 0.25) is 0 Å². The smallest absolute Gasteiger partial charge is 0.177 e. The molecule has 0 atom stereocenters. The molecule has 0 radical (unpaired) electrons. The third-order valence-electron chi connectivity index (χ3n) is 4.00. The number of aryl methyl sites for hydroxylation is 1. The molecule has 0 amide bonds. The third-order valence-corrected chi connectivity index (χ3v) is 4.00. The van der Waals surface area contributed by atoms with Gasteiger partial charge < -0.3 is 9.47 Å². The zero-order valence-corrected chi connectivity index (χ0v) is 12.8. The summed E-state index contributed by atoms with van der Waals surface area (Å²) < 4.78 is 10.7. The SMILES string of the molecule is COc1c(C)cc(C(=O)CN2CCOCC2)c(C)c1C. The lowest BCUT2D eigenvalue weighted by atomic mass is 9.95. The van der Waals surface area contributed by atoms with Crippen LogP contribution >= 0.6 is 0 Å². The van der Waals surface area contributed by atoms with Gasteiger partial charge >= 0.3 is 0 Å². The summed E-state index contributed by atoms with van der Waals surface area (Å²) in [6, 6.07) is 1.95. The Balaban J connectivity index is 2.21. The van der Waals surface area contributed by atoms with Gasteiger partial charge in [-0.25, -0.2) is 0 Å². The highest BCUT2D eigenvalue weighted by atomic mass is 16.5. The van der Waals surface area contributed by atoms with Crippen molar-refractivity contribution in [2.45, 2.75) is 20.8 Å². The number of methoxy groups -OCH3 is 1. The van der Waals surface area contributed by atoms with Crippen LogP contribution in [-0.2, 0) is 4.74 Å². The molecule has 1 aliphatic heterocycles. The second-order valence-electron chi connectivity index (χ2n) is 5.34. The predicted molar refractivity (Wildman–Crippen MR) is 78.8 cm³/mol. The molecule has 0 saturated carbocycles. The fraction of sp³-hybridized carbons (Fsp3) is 0.562. The molecule has 0 N–H and O–H groups in total. The summed E-state index contributed by atoms with van der Waals surface area (Å²) in [6.07, 6.45) is 0. The average Bonchev–Trinajstić information content (AvgIpc) is 2.44. The predicted octanol–water partition coefficient (Wildman–Crippen LogP) is 2.14. The molecule has 0 spiro atoms. The Hall–Kier alpha value is -1.39. The first kappa shape index (κ1) is 15.0. The second-order valence-corrected chi connectivity index (χ2v) is 5.34. The topological polar surface area (TPSA) is 38.8 Å². The lowest BCUT2D eigenvalue weighted by Gasteiger charge is -2.26. The van der Waals surface area contributed by atoms with E-state index in [-0.39, 0.29) is 5.78 Å². The molecule has 0 bridgehead atoms. The Morgan fingerprint density at radius 3 is 2.50 bits per heavy atom. The minimum atomic E-state index is 0.179. The first-order valence-corrected chi connectivity index (χ1v) is 7.02. The number of rotatable bonds is 4. The molecule has 1 aromatic carbocycles. The molecule has 1 aliphatic rings. The maximum atomic E-state index is 12.5. The molecule has 0 aliphatic carbocycles. The minimum absolute atomic E-state index is 0.179. The molecule has 0 aromatic heterocycles. The van der Waals surface area contributed by atoms with Crippen LogP contribution in [0.1, 0.15) is 27.0 Å². The fourth-order valence-electron chi connectivity index (χ4n) is 2.71. The molecule has 20 heavy (non-hydrogen) atoms. The van der Waals surface area contributed by atoms with Crippen molar-refractivity contribution in [2.24, 2.45) is 0 Å². The average molecular weight is 277 g/mol. The Morgan fingerprint density at radius 2 is 1.90 bits per heavy atom. The van der Waals surface area contributed by atoms with Crippen LogP contribution in [0.15, 0.2) is 6.07 Å². The number of ketones is 1. The number of benzene rings is 1. The van der Waals surface area contributed by atoms with E-state index < -0.39 is 0 Å². The Bertz CT molecular complexity index is 505. The van der Waals surface area contributed by atoms with Gasteiger partial charge in [-0.1, -0.05) is 0 Å². The monoisotopic (exact) mass is 277 g/mol. The van der Waals surface area contributed by atoms with Crippen LogP contribution < -0.4 is 4.74 Å². The first-order valence-electron chi connectivity index (χ1n) is 7.02. The van der Waals surface area contributed by atoms with Crippen molar-refractivity contribution < 1.29 is 14.3 Å². The maximum Gasteiger partial charge on any atom is 0.177 e. The summed E-state index contributed by atoms with van der Waals surface area (Å²) in [5, 5.41) is 0. The van der Waals surface area contributed by atoms with Gasteiger partial charge in [0, 0.05) is 18.7 Å². The molecule has 1 aromatic rings. The van der Waals surface area contributed by atoms with Crippen LogP contribution in [0.2, 0.25) is 0 Å². The van der Waals surface area contributed by atoms with E-state index in [0.717, 1.165) is 41.1 Å². The molecular formula is C16H23NO3. The molecule has 1 fully saturated rings. The van der Waals surface area contributed by atoms with Crippen molar-refractivity contribution in [2.75, 3.05) is 40.0 Å². The maximum absolute atomic E-state index is 12.5. The highest BCUT2D eigenvalue weighted by Crippen LogP contribution is 2.28. The number of nitrogens with zero attached hydrogens (tertiary/aromatic N) is 1. The summed E-state index contributed by atoms with van der Waals surface area (Å²) in [5.74, 6) is 1.06. The van der Waals surface area contributed by atoms with Crippen molar-refractivity contribution in [3.8, 4) is 5.75 Å². The van der Waals surface area contributed by atoms with Crippen molar-refractivity contribution in [1.29, 1.82) is 0 Å². The second kappa shape index (κ2) is 6.37. The summed E-state index contributed by atoms with van der Waals surface area (Å²) >= 11 is 0. The van der Waals surface area contributed by atoms with Gasteiger partial charge in [-0.05, 0) is 43.5 Å². The van der Waals surface area contributed by atoms with Crippen molar-refractivity contribution in [3.05, 3.63) is 28.3 Å². The largest absolute Gasteiger partial charge is 0.496 e. The lowest BCUT2D eigenvalue weighted by molar-refractivity contribution is 0.0371. The third kappa shape index (κ3) is 3.02. The number of carbonyl (C=O) groups is 1. The molecule has 2 rings (SSSR count). The lowest BCUT2D eigenvalue weighted by Crippen LogP contribution is -2.39. The van der Waals surface area contributed by atoms with Crippen LogP contribution in [0.4, 0.5) is 0 Å². The zero-order valence-electron chi connectivity index (χ0n) is 12.8. The normalized spacial score (nSPS) is 16.2. The van der Waals surface area contributed by atoms with Crippen LogP contribution in [-0.4, -0.2) is 50.6 Å². The minimum Gasteiger partial charge on any atom is -0.496 e. The number of morpholine rings is 1. The summed E-state index contributed by atoms with van der Waals surface area (Å²) in [4.78, 5) is 14.7. The van der Waals surface area contributed by atoms with E-state index in [1.165, 1.54) is 0 Å². The van der Waals surface area contributed by atoms with E-state index in [1.54, 1.807) is 7.11 Å². The van der Waals surface area contributed by atoms with Gasteiger partial charge in [0.1, 0.15) is 5.75 Å². The van der Waals surface area contributed by atoms with Crippen molar-refractivity contribution >= 4 is 5.78 Å². The van der Waals surface area contributed by atoms with E-state index in [1.807, 2.05) is 26.8 Å². The molecule has 1 saturated heterocycles. The number of Topliss-reactive ketones (excluding diaryl/α,β-unsaturated/α-hetero) is 1. The Labute approximate surface area is 120 Å². The van der Waals surface area contributed by atoms with Crippen LogP contribution in [0.5, 0.6) is 5.75 Å². The molecule has 110 valence electrons. The zero-order chi connectivity index (χ0) is 14.7. The number of ether oxygens (including phenoxy) is 2. The molecule has 4 heteroatoms.